The van der Waals surface area contributed by atoms with Gasteiger partial charge in [-0.05, 0) is 56.8 Å². The van der Waals surface area contributed by atoms with E-state index >= 15 is 0 Å². The fourth-order valence-corrected chi connectivity index (χ4v) is 5.28. The molecule has 3 saturated heterocycles. The van der Waals surface area contributed by atoms with Crippen LogP contribution in [0.5, 0.6) is 0 Å². The number of aromatic amines is 1. The number of nitrogens with one attached hydrogen (secondary N) is 1. The van der Waals surface area contributed by atoms with Gasteiger partial charge in [-0.1, -0.05) is 0 Å². The van der Waals surface area contributed by atoms with Crippen molar-refractivity contribution in [2.24, 2.45) is 5.92 Å². The van der Waals surface area contributed by atoms with Gasteiger partial charge >= 0.3 is 0 Å². The van der Waals surface area contributed by atoms with Gasteiger partial charge in [0, 0.05) is 42.7 Å². The molecule has 1 N–H and O–H groups in total. The first-order chi connectivity index (χ1) is 13.2. The summed E-state index contributed by atoms with van der Waals surface area (Å²) in [5.74, 6) is 0.690. The van der Waals surface area contributed by atoms with E-state index in [4.69, 9.17) is 4.74 Å². The number of ether oxygens (including phenoxy) is 1. The number of nitrogens with zero attached hydrogens (tertiary/aromatic N) is 3. The summed E-state index contributed by atoms with van der Waals surface area (Å²) in [6.07, 6.45) is 5.52. The second-order valence-electron chi connectivity index (χ2n) is 8.42. The van der Waals surface area contributed by atoms with Gasteiger partial charge in [-0.15, -0.1) is 0 Å². The fourth-order valence-electron chi connectivity index (χ4n) is 5.28. The Labute approximate surface area is 159 Å². The highest BCUT2D eigenvalue weighted by Gasteiger charge is 2.39. The summed E-state index contributed by atoms with van der Waals surface area (Å²) in [7, 11) is 2.24. The lowest BCUT2D eigenvalue weighted by Gasteiger charge is -2.36. The van der Waals surface area contributed by atoms with Crippen LogP contribution in [-0.4, -0.2) is 66.3 Å². The molecule has 0 spiro atoms. The SMILES string of the molecule is CN1C2CCC1CC(CC(=O)c1n[nH]c3ccc(N4CCOCC4)cc13)C2. The third kappa shape index (κ3) is 3.15. The molecule has 0 radical (unpaired) electrons. The molecule has 3 fully saturated rings. The molecule has 0 saturated carbocycles. The molecule has 2 bridgehead atoms. The Morgan fingerprint density at radius 3 is 2.70 bits per heavy atom. The molecule has 1 aromatic heterocycles. The van der Waals surface area contributed by atoms with Crippen LogP contribution in [0, 0.1) is 5.92 Å². The Morgan fingerprint density at radius 2 is 1.96 bits per heavy atom. The predicted octanol–water partition coefficient (Wildman–Crippen LogP) is 2.85. The third-order valence-electron chi connectivity index (χ3n) is 6.86. The van der Waals surface area contributed by atoms with E-state index in [1.165, 1.54) is 12.8 Å². The number of aromatic nitrogens is 2. The number of fused-ring (bicyclic) bond motifs is 3. The smallest absolute Gasteiger partial charge is 0.183 e. The summed E-state index contributed by atoms with van der Waals surface area (Å²) in [5, 5.41) is 8.40. The number of rotatable bonds is 4. The molecule has 3 aliphatic rings. The molecular formula is C21H28N4O2. The minimum absolute atomic E-state index is 0.189. The zero-order valence-electron chi connectivity index (χ0n) is 16.0. The average molecular weight is 368 g/mol. The van der Waals surface area contributed by atoms with Gasteiger partial charge in [0.15, 0.2) is 5.78 Å². The lowest BCUT2D eigenvalue weighted by Crippen LogP contribution is -2.40. The molecule has 0 aliphatic carbocycles. The van der Waals surface area contributed by atoms with E-state index in [0.717, 1.165) is 55.7 Å². The van der Waals surface area contributed by atoms with Crippen molar-refractivity contribution in [1.29, 1.82) is 0 Å². The van der Waals surface area contributed by atoms with Crippen molar-refractivity contribution < 1.29 is 9.53 Å². The predicted molar refractivity (Wildman–Crippen MR) is 105 cm³/mol. The topological polar surface area (TPSA) is 61.5 Å². The number of carbonyl (C=O) groups excluding carboxylic acids is 1. The number of Topliss-reactive ketones (excluding diaryl/α,β-unsaturated/α-hetero) is 1. The summed E-state index contributed by atoms with van der Waals surface area (Å²) in [6.45, 7) is 3.30. The van der Waals surface area contributed by atoms with Gasteiger partial charge in [0.05, 0.1) is 18.7 Å². The third-order valence-corrected chi connectivity index (χ3v) is 6.86. The maximum atomic E-state index is 13.1. The van der Waals surface area contributed by atoms with Gasteiger partial charge in [0.25, 0.3) is 0 Å². The second-order valence-corrected chi connectivity index (χ2v) is 8.42. The van der Waals surface area contributed by atoms with Gasteiger partial charge in [-0.25, -0.2) is 0 Å². The van der Waals surface area contributed by atoms with E-state index in [1.807, 2.05) is 6.07 Å². The average Bonchev–Trinajstić information content (AvgIpc) is 3.19. The number of hydrogen-bond acceptors (Lipinski definition) is 5. The summed E-state index contributed by atoms with van der Waals surface area (Å²) >= 11 is 0. The fraction of sp³-hybridized carbons (Fsp3) is 0.619. The Bertz CT molecular complexity index is 828. The molecule has 2 unspecified atom stereocenters. The van der Waals surface area contributed by atoms with Crippen LogP contribution >= 0.6 is 0 Å². The Morgan fingerprint density at radius 1 is 1.22 bits per heavy atom. The number of carbonyl (C=O) groups is 1. The molecule has 5 rings (SSSR count). The summed E-state index contributed by atoms with van der Waals surface area (Å²) < 4.78 is 5.45. The highest BCUT2D eigenvalue weighted by Crippen LogP contribution is 2.39. The van der Waals surface area contributed by atoms with E-state index in [0.29, 0.717) is 30.1 Å². The normalized spacial score (nSPS) is 28.8. The van der Waals surface area contributed by atoms with Crippen LogP contribution in [0.2, 0.25) is 0 Å². The Hall–Kier alpha value is -1.92. The molecule has 0 amide bonds. The second kappa shape index (κ2) is 6.91. The highest BCUT2D eigenvalue weighted by molar-refractivity contribution is 6.06. The quantitative estimate of drug-likeness (QED) is 0.841. The molecule has 2 atom stereocenters. The van der Waals surface area contributed by atoms with Crippen LogP contribution in [0.1, 0.15) is 42.6 Å². The summed E-state index contributed by atoms with van der Waals surface area (Å²) in [4.78, 5) is 17.9. The lowest BCUT2D eigenvalue weighted by atomic mass is 9.86. The Balaban J connectivity index is 1.35. The van der Waals surface area contributed by atoms with E-state index in [1.54, 1.807) is 0 Å². The monoisotopic (exact) mass is 368 g/mol. The Kier molecular flexibility index (Phi) is 4.40. The molecule has 4 heterocycles. The first-order valence-electron chi connectivity index (χ1n) is 10.2. The molecule has 144 valence electrons. The van der Waals surface area contributed by atoms with Crippen molar-refractivity contribution in [3.05, 3.63) is 23.9 Å². The molecule has 2 aromatic rings. The van der Waals surface area contributed by atoms with Crippen molar-refractivity contribution in [3.63, 3.8) is 0 Å². The van der Waals surface area contributed by atoms with E-state index in [2.05, 4.69) is 39.2 Å². The van der Waals surface area contributed by atoms with Crippen molar-refractivity contribution in [2.75, 3.05) is 38.3 Å². The summed E-state index contributed by atoms with van der Waals surface area (Å²) in [5.41, 5.74) is 2.71. The van der Waals surface area contributed by atoms with Crippen LogP contribution in [0.3, 0.4) is 0 Å². The van der Waals surface area contributed by atoms with Crippen LogP contribution < -0.4 is 4.90 Å². The number of ketones is 1. The number of hydrogen-bond donors (Lipinski definition) is 1. The number of piperidine rings is 1. The minimum Gasteiger partial charge on any atom is -0.378 e. The first-order valence-corrected chi connectivity index (χ1v) is 10.2. The van der Waals surface area contributed by atoms with Gasteiger partial charge < -0.3 is 14.5 Å². The number of H-pyrrole nitrogens is 1. The zero-order valence-corrected chi connectivity index (χ0v) is 16.0. The van der Waals surface area contributed by atoms with Crippen LogP contribution in [0.4, 0.5) is 5.69 Å². The molecule has 6 nitrogen and oxygen atoms in total. The summed E-state index contributed by atoms with van der Waals surface area (Å²) in [6, 6.07) is 7.61. The van der Waals surface area contributed by atoms with Crippen LogP contribution in [0.25, 0.3) is 10.9 Å². The maximum absolute atomic E-state index is 13.1. The zero-order chi connectivity index (χ0) is 18.4. The molecule has 6 heteroatoms. The standard InChI is InChI=1S/C21H28N4O2/c1-24-15-2-3-16(24)11-14(10-15)12-20(26)21-18-13-17(4-5-19(18)22-23-21)25-6-8-27-9-7-25/h4-5,13-16H,2-3,6-12H2,1H3,(H,22,23). The minimum atomic E-state index is 0.189. The highest BCUT2D eigenvalue weighted by atomic mass is 16.5. The maximum Gasteiger partial charge on any atom is 0.183 e. The van der Waals surface area contributed by atoms with E-state index in [9.17, 15) is 4.79 Å². The van der Waals surface area contributed by atoms with Crippen molar-refractivity contribution in [3.8, 4) is 0 Å². The van der Waals surface area contributed by atoms with Crippen LogP contribution in [-0.2, 0) is 4.74 Å². The van der Waals surface area contributed by atoms with Gasteiger partial charge in [0.1, 0.15) is 5.69 Å². The van der Waals surface area contributed by atoms with Gasteiger partial charge in [-0.2, -0.15) is 5.10 Å². The molecule has 27 heavy (non-hydrogen) atoms. The largest absolute Gasteiger partial charge is 0.378 e. The van der Waals surface area contributed by atoms with Crippen molar-refractivity contribution in [2.45, 2.75) is 44.2 Å². The van der Waals surface area contributed by atoms with E-state index in [-0.39, 0.29) is 5.78 Å². The lowest BCUT2D eigenvalue weighted by molar-refractivity contribution is 0.0879. The number of anilines is 1. The van der Waals surface area contributed by atoms with Crippen molar-refractivity contribution in [1.82, 2.24) is 15.1 Å². The molecule has 1 aromatic carbocycles. The van der Waals surface area contributed by atoms with Crippen LogP contribution in [0.15, 0.2) is 18.2 Å². The number of benzene rings is 1. The van der Waals surface area contributed by atoms with Gasteiger partial charge in [0.2, 0.25) is 0 Å². The van der Waals surface area contributed by atoms with Crippen molar-refractivity contribution >= 4 is 22.4 Å². The number of morpholine rings is 1. The van der Waals surface area contributed by atoms with Gasteiger partial charge in [-0.3, -0.25) is 9.89 Å². The first kappa shape index (κ1) is 17.2. The molecular weight excluding hydrogens is 340 g/mol. The molecule has 3 aliphatic heterocycles. The van der Waals surface area contributed by atoms with E-state index < -0.39 is 0 Å².